The number of rotatable bonds is 3. The highest BCUT2D eigenvalue weighted by Crippen LogP contribution is 2.29. The van der Waals surface area contributed by atoms with Crippen LogP contribution in [0.25, 0.3) is 0 Å². The van der Waals surface area contributed by atoms with Crippen molar-refractivity contribution >= 4 is 27.4 Å². The highest BCUT2D eigenvalue weighted by Gasteiger charge is 2.23. The molecule has 0 aromatic heterocycles. The lowest BCUT2D eigenvalue weighted by Gasteiger charge is -2.19. The molecule has 0 atom stereocenters. The molecule has 106 valence electrons. The van der Waals surface area contributed by atoms with Crippen LogP contribution in [0.4, 0.5) is 0 Å². The Morgan fingerprint density at radius 1 is 0.947 bits per heavy atom. The molecule has 1 rings (SSSR count). The first kappa shape index (κ1) is 15.9. The van der Waals surface area contributed by atoms with E-state index in [-0.39, 0.29) is 10.0 Å². The summed E-state index contributed by atoms with van der Waals surface area (Å²) in [7, 11) is -3.71. The zero-order valence-electron chi connectivity index (χ0n) is 11.7. The number of thiocarbonyl (C=S) groups is 1. The molecule has 0 saturated heterocycles. The maximum Gasteiger partial charge on any atom is 0.257 e. The Balaban J connectivity index is 3.47. The summed E-state index contributed by atoms with van der Waals surface area (Å²) in [6, 6.07) is 0. The van der Waals surface area contributed by atoms with Gasteiger partial charge in [0.05, 0.1) is 4.90 Å². The second kappa shape index (κ2) is 5.44. The largest absolute Gasteiger partial charge is 0.375 e. The molecule has 0 fully saturated rings. The third-order valence-electron chi connectivity index (χ3n) is 3.51. The summed E-state index contributed by atoms with van der Waals surface area (Å²) in [5, 5.41) is -0.126. The van der Waals surface area contributed by atoms with Gasteiger partial charge in [-0.1, -0.05) is 0 Å². The minimum Gasteiger partial charge on any atom is -0.375 e. The van der Waals surface area contributed by atoms with Crippen LogP contribution in [-0.2, 0) is 10.0 Å². The van der Waals surface area contributed by atoms with Crippen molar-refractivity contribution in [1.82, 2.24) is 10.3 Å². The summed E-state index contributed by atoms with van der Waals surface area (Å²) in [5.41, 5.74) is 12.0. The summed E-state index contributed by atoms with van der Waals surface area (Å²) in [5.74, 6) is 0. The van der Waals surface area contributed by atoms with Crippen molar-refractivity contribution in [2.24, 2.45) is 5.73 Å². The predicted molar refractivity (Wildman–Crippen MR) is 80.4 cm³/mol. The van der Waals surface area contributed by atoms with Gasteiger partial charge in [-0.3, -0.25) is 5.43 Å². The Labute approximate surface area is 119 Å². The highest BCUT2D eigenvalue weighted by molar-refractivity contribution is 7.89. The molecule has 0 unspecified atom stereocenters. The van der Waals surface area contributed by atoms with Gasteiger partial charge >= 0.3 is 0 Å². The predicted octanol–water partition coefficient (Wildman–Crippen LogP) is 1.26. The molecular formula is C12H19N3O2S2. The molecule has 0 amide bonds. The van der Waals surface area contributed by atoms with E-state index in [9.17, 15) is 8.42 Å². The summed E-state index contributed by atoms with van der Waals surface area (Å²) >= 11 is 4.59. The Morgan fingerprint density at radius 2 is 1.32 bits per heavy atom. The number of hydrazine groups is 1. The number of nitrogens with two attached hydrogens (primary N) is 1. The van der Waals surface area contributed by atoms with Gasteiger partial charge in [0.2, 0.25) is 0 Å². The number of hydrogen-bond acceptors (Lipinski definition) is 3. The molecule has 0 heterocycles. The third kappa shape index (κ3) is 3.05. The quantitative estimate of drug-likeness (QED) is 0.578. The van der Waals surface area contributed by atoms with E-state index in [0.29, 0.717) is 0 Å². The van der Waals surface area contributed by atoms with Crippen LogP contribution in [0, 0.1) is 34.6 Å². The van der Waals surface area contributed by atoms with Crippen LogP contribution in [-0.4, -0.2) is 13.5 Å². The monoisotopic (exact) mass is 301 g/mol. The lowest BCUT2D eigenvalue weighted by atomic mass is 9.95. The van der Waals surface area contributed by atoms with Crippen molar-refractivity contribution in [3.05, 3.63) is 27.8 Å². The number of hydrogen-bond donors (Lipinski definition) is 3. The first-order valence-electron chi connectivity index (χ1n) is 5.73. The molecular weight excluding hydrogens is 282 g/mol. The fourth-order valence-corrected chi connectivity index (χ4v) is 3.61. The van der Waals surface area contributed by atoms with E-state index in [1.807, 2.05) is 20.8 Å². The van der Waals surface area contributed by atoms with Crippen LogP contribution < -0.4 is 16.0 Å². The van der Waals surface area contributed by atoms with Gasteiger partial charge in [0.1, 0.15) is 0 Å². The SMILES string of the molecule is Cc1c(C)c(C)c(S(=O)(=O)NNC(N)=S)c(C)c1C. The molecule has 19 heavy (non-hydrogen) atoms. The van der Waals surface area contributed by atoms with E-state index in [2.05, 4.69) is 22.5 Å². The van der Waals surface area contributed by atoms with Crippen molar-refractivity contribution in [1.29, 1.82) is 0 Å². The van der Waals surface area contributed by atoms with Gasteiger partial charge in [0.15, 0.2) is 5.11 Å². The molecule has 0 aliphatic rings. The molecule has 0 aliphatic carbocycles. The lowest BCUT2D eigenvalue weighted by Crippen LogP contribution is -2.44. The average Bonchev–Trinajstić information content (AvgIpc) is 2.31. The van der Waals surface area contributed by atoms with Gasteiger partial charge in [-0.2, -0.15) is 0 Å². The molecule has 0 bridgehead atoms. The first-order chi connectivity index (χ1) is 8.59. The average molecular weight is 301 g/mol. The molecule has 0 spiro atoms. The number of sulfonamides is 1. The van der Waals surface area contributed by atoms with Crippen molar-refractivity contribution in [2.75, 3.05) is 0 Å². The van der Waals surface area contributed by atoms with Gasteiger partial charge in [-0.25, -0.2) is 8.42 Å². The zero-order valence-corrected chi connectivity index (χ0v) is 13.3. The normalized spacial score (nSPS) is 11.4. The Kier molecular flexibility index (Phi) is 4.54. The van der Waals surface area contributed by atoms with Crippen LogP contribution in [0.1, 0.15) is 27.8 Å². The fourth-order valence-electron chi connectivity index (χ4n) is 2.04. The van der Waals surface area contributed by atoms with Gasteiger partial charge in [-0.15, -0.1) is 4.83 Å². The topological polar surface area (TPSA) is 84.2 Å². The van der Waals surface area contributed by atoms with E-state index in [0.717, 1.165) is 27.8 Å². The maximum atomic E-state index is 12.3. The van der Waals surface area contributed by atoms with E-state index in [1.54, 1.807) is 13.8 Å². The summed E-state index contributed by atoms with van der Waals surface area (Å²) in [6.07, 6.45) is 0. The number of nitrogens with one attached hydrogen (secondary N) is 2. The van der Waals surface area contributed by atoms with Crippen LogP contribution >= 0.6 is 12.2 Å². The Hall–Kier alpha value is -1.18. The van der Waals surface area contributed by atoms with Crippen LogP contribution in [0.2, 0.25) is 0 Å². The maximum absolute atomic E-state index is 12.3. The second-order valence-corrected chi connectivity index (χ2v) is 6.61. The van der Waals surface area contributed by atoms with Crippen molar-refractivity contribution < 1.29 is 8.42 Å². The van der Waals surface area contributed by atoms with Gasteiger partial charge in [0.25, 0.3) is 10.0 Å². The van der Waals surface area contributed by atoms with Crippen molar-refractivity contribution in [2.45, 2.75) is 39.5 Å². The summed E-state index contributed by atoms with van der Waals surface area (Å²) in [6.45, 7) is 9.41. The minimum atomic E-state index is -3.71. The van der Waals surface area contributed by atoms with Gasteiger partial charge in [0, 0.05) is 0 Å². The summed E-state index contributed by atoms with van der Waals surface area (Å²) in [4.78, 5) is 2.46. The summed E-state index contributed by atoms with van der Waals surface area (Å²) < 4.78 is 24.6. The molecule has 0 radical (unpaired) electrons. The first-order valence-corrected chi connectivity index (χ1v) is 7.63. The molecule has 1 aromatic carbocycles. The van der Waals surface area contributed by atoms with E-state index in [4.69, 9.17) is 5.73 Å². The van der Waals surface area contributed by atoms with Crippen molar-refractivity contribution in [3.8, 4) is 0 Å². The van der Waals surface area contributed by atoms with E-state index in [1.165, 1.54) is 0 Å². The van der Waals surface area contributed by atoms with Crippen molar-refractivity contribution in [3.63, 3.8) is 0 Å². The molecule has 0 aliphatic heterocycles. The van der Waals surface area contributed by atoms with E-state index >= 15 is 0 Å². The molecule has 4 N–H and O–H groups in total. The van der Waals surface area contributed by atoms with Crippen LogP contribution in [0.3, 0.4) is 0 Å². The molecule has 0 saturated carbocycles. The molecule has 5 nitrogen and oxygen atoms in total. The number of benzene rings is 1. The smallest absolute Gasteiger partial charge is 0.257 e. The molecule has 1 aromatic rings. The zero-order chi connectivity index (χ0) is 15.0. The van der Waals surface area contributed by atoms with Crippen LogP contribution in [0.15, 0.2) is 4.90 Å². The van der Waals surface area contributed by atoms with Gasteiger partial charge < -0.3 is 5.73 Å². The molecule has 7 heteroatoms. The van der Waals surface area contributed by atoms with Gasteiger partial charge in [-0.05, 0) is 74.7 Å². The Bertz CT molecular complexity index is 608. The fraction of sp³-hybridized carbons (Fsp3) is 0.417. The Morgan fingerprint density at radius 3 is 1.68 bits per heavy atom. The standard InChI is InChI=1S/C12H19N3O2S2/c1-6-7(2)9(4)11(10(5)8(6)3)19(16,17)15-14-12(13)18/h15H,1-5H3,(H3,13,14,18). The second-order valence-electron chi connectivity index (χ2n) is 4.55. The van der Waals surface area contributed by atoms with E-state index < -0.39 is 10.0 Å². The van der Waals surface area contributed by atoms with Crippen LogP contribution in [0.5, 0.6) is 0 Å². The highest BCUT2D eigenvalue weighted by atomic mass is 32.2. The lowest BCUT2D eigenvalue weighted by molar-refractivity contribution is 0.576. The minimum absolute atomic E-state index is 0.126. The third-order valence-corrected chi connectivity index (χ3v) is 5.13.